The van der Waals surface area contributed by atoms with Crippen LogP contribution in [0.15, 0.2) is 58.5 Å². The molecule has 1 aromatic heterocycles. The number of nitrogens with zero attached hydrogens (tertiary/aromatic N) is 2. The van der Waals surface area contributed by atoms with Gasteiger partial charge in [0.15, 0.2) is 5.11 Å². The van der Waals surface area contributed by atoms with Crippen LogP contribution in [0, 0.1) is 24.0 Å². The Kier molecular flexibility index (Phi) is 5.84. The van der Waals surface area contributed by atoms with Gasteiger partial charge in [0.1, 0.15) is 17.1 Å². The highest BCUT2D eigenvalue weighted by molar-refractivity contribution is 7.80. The normalized spacial score (nSPS) is 15.2. The number of thiocarbonyl (C=S) groups is 1. The fourth-order valence-corrected chi connectivity index (χ4v) is 4.01. The van der Waals surface area contributed by atoms with Crippen molar-refractivity contribution in [3.05, 3.63) is 86.1 Å². The molecule has 3 aromatic rings. The van der Waals surface area contributed by atoms with E-state index in [0.29, 0.717) is 17.0 Å². The summed E-state index contributed by atoms with van der Waals surface area (Å²) in [7, 11) is 0. The molecular weight excluding hydrogens is 466 g/mol. The number of hydrogen-bond donors (Lipinski definition) is 1. The number of nitro benzene ring substituents is 1. The van der Waals surface area contributed by atoms with E-state index >= 15 is 0 Å². The summed E-state index contributed by atoms with van der Waals surface area (Å²) in [6.45, 7) is 3.79. The number of aryl methyl sites for hydroxylation is 2. The van der Waals surface area contributed by atoms with E-state index in [1.807, 2.05) is 26.0 Å². The summed E-state index contributed by atoms with van der Waals surface area (Å²) in [6.07, 6.45) is 1.32. The summed E-state index contributed by atoms with van der Waals surface area (Å²) < 4.78 is 5.74. The number of carbonyl (C=O) groups is 2. The van der Waals surface area contributed by atoms with Gasteiger partial charge in [0.25, 0.3) is 17.5 Å². The third-order valence-electron chi connectivity index (χ3n) is 5.04. The van der Waals surface area contributed by atoms with Crippen molar-refractivity contribution in [3.63, 3.8) is 0 Å². The first-order valence-corrected chi connectivity index (χ1v) is 10.5. The SMILES string of the molecule is Cc1ccc(N2C(=O)/C(=C/c3ccc(-c4ccc([N+](=O)[O-])cc4Cl)o3)C(=O)NC2=S)c(C)c1. The first kappa shape index (κ1) is 22.4. The molecule has 10 heteroatoms. The van der Waals surface area contributed by atoms with Crippen molar-refractivity contribution < 1.29 is 18.9 Å². The molecule has 0 unspecified atom stereocenters. The number of nitrogens with one attached hydrogen (secondary N) is 1. The van der Waals surface area contributed by atoms with Crippen LogP contribution in [0.5, 0.6) is 0 Å². The van der Waals surface area contributed by atoms with Crippen molar-refractivity contribution in [2.75, 3.05) is 4.90 Å². The summed E-state index contributed by atoms with van der Waals surface area (Å²) in [5.41, 5.74) is 2.56. The van der Waals surface area contributed by atoms with E-state index in [9.17, 15) is 19.7 Å². The van der Waals surface area contributed by atoms with Crippen LogP contribution >= 0.6 is 23.8 Å². The zero-order valence-electron chi connectivity index (χ0n) is 17.4. The molecule has 1 aliphatic heterocycles. The van der Waals surface area contributed by atoms with Crippen LogP contribution in [-0.4, -0.2) is 21.9 Å². The maximum atomic E-state index is 13.2. The maximum absolute atomic E-state index is 13.2. The van der Waals surface area contributed by atoms with Gasteiger partial charge in [-0.05, 0) is 62.0 Å². The van der Waals surface area contributed by atoms with Gasteiger partial charge in [-0.2, -0.15) is 0 Å². The zero-order chi connectivity index (χ0) is 23.9. The van der Waals surface area contributed by atoms with Crippen LogP contribution in [0.1, 0.15) is 16.9 Å². The molecular formula is C23H16ClN3O5S. The molecule has 0 spiro atoms. The molecule has 2 heterocycles. The second-order valence-electron chi connectivity index (χ2n) is 7.37. The molecule has 166 valence electrons. The number of halogens is 1. The van der Waals surface area contributed by atoms with E-state index in [0.717, 1.165) is 11.1 Å². The quantitative estimate of drug-likeness (QED) is 0.186. The number of carbonyl (C=O) groups excluding carboxylic acids is 2. The van der Waals surface area contributed by atoms with Crippen LogP contribution < -0.4 is 10.2 Å². The van der Waals surface area contributed by atoms with E-state index < -0.39 is 16.7 Å². The molecule has 0 aliphatic carbocycles. The smallest absolute Gasteiger partial charge is 0.270 e. The molecule has 1 saturated heterocycles. The predicted octanol–water partition coefficient (Wildman–Crippen LogP) is 4.96. The first-order chi connectivity index (χ1) is 15.7. The highest BCUT2D eigenvalue weighted by Crippen LogP contribution is 2.33. The number of non-ortho nitro benzene ring substituents is 1. The molecule has 33 heavy (non-hydrogen) atoms. The lowest BCUT2D eigenvalue weighted by Gasteiger charge is -2.30. The summed E-state index contributed by atoms with van der Waals surface area (Å²) in [5, 5.41) is 13.6. The number of hydrogen-bond acceptors (Lipinski definition) is 6. The van der Waals surface area contributed by atoms with Crippen molar-refractivity contribution in [1.29, 1.82) is 0 Å². The number of nitro groups is 1. The molecule has 2 aromatic carbocycles. The number of rotatable bonds is 4. The van der Waals surface area contributed by atoms with E-state index in [-0.39, 0.29) is 27.2 Å². The Balaban J connectivity index is 1.68. The average molecular weight is 482 g/mol. The molecule has 2 amide bonds. The van der Waals surface area contributed by atoms with Gasteiger partial charge in [0.2, 0.25) is 0 Å². The average Bonchev–Trinajstić information content (AvgIpc) is 3.20. The lowest BCUT2D eigenvalue weighted by molar-refractivity contribution is -0.384. The molecule has 8 nitrogen and oxygen atoms in total. The van der Waals surface area contributed by atoms with Crippen molar-refractivity contribution in [1.82, 2.24) is 5.32 Å². The third-order valence-corrected chi connectivity index (χ3v) is 5.63. The Morgan fingerprint density at radius 2 is 1.88 bits per heavy atom. The van der Waals surface area contributed by atoms with E-state index in [4.69, 9.17) is 28.2 Å². The van der Waals surface area contributed by atoms with Gasteiger partial charge in [-0.1, -0.05) is 29.3 Å². The maximum Gasteiger partial charge on any atom is 0.270 e. The van der Waals surface area contributed by atoms with Gasteiger partial charge < -0.3 is 4.42 Å². The van der Waals surface area contributed by atoms with Crippen molar-refractivity contribution in [2.45, 2.75) is 13.8 Å². The Hall–Kier alpha value is -3.82. The topological polar surface area (TPSA) is 106 Å². The number of benzene rings is 2. The van der Waals surface area contributed by atoms with Gasteiger partial charge in [-0.25, -0.2) is 0 Å². The summed E-state index contributed by atoms with van der Waals surface area (Å²) >= 11 is 11.4. The van der Waals surface area contributed by atoms with Crippen molar-refractivity contribution in [3.8, 4) is 11.3 Å². The third kappa shape index (κ3) is 4.28. The van der Waals surface area contributed by atoms with Gasteiger partial charge in [0.05, 0.1) is 15.6 Å². The van der Waals surface area contributed by atoms with Gasteiger partial charge >= 0.3 is 0 Å². The van der Waals surface area contributed by atoms with Crippen LogP contribution in [0.4, 0.5) is 11.4 Å². The summed E-state index contributed by atoms with van der Waals surface area (Å²) in [6, 6.07) is 12.7. The lowest BCUT2D eigenvalue weighted by atomic mass is 10.1. The zero-order valence-corrected chi connectivity index (χ0v) is 19.0. The molecule has 0 bridgehead atoms. The summed E-state index contributed by atoms with van der Waals surface area (Å²) in [4.78, 5) is 37.4. The largest absolute Gasteiger partial charge is 0.457 e. The van der Waals surface area contributed by atoms with Gasteiger partial charge in [-0.15, -0.1) is 0 Å². The molecule has 0 atom stereocenters. The minimum atomic E-state index is -0.641. The monoisotopic (exact) mass is 481 g/mol. The minimum absolute atomic E-state index is 0.00750. The van der Waals surface area contributed by atoms with E-state index in [1.54, 1.807) is 18.2 Å². The Morgan fingerprint density at radius 1 is 1.12 bits per heavy atom. The van der Waals surface area contributed by atoms with E-state index in [1.165, 1.54) is 29.2 Å². The van der Waals surface area contributed by atoms with Crippen molar-refractivity contribution in [2.24, 2.45) is 0 Å². The second-order valence-corrected chi connectivity index (χ2v) is 8.16. The van der Waals surface area contributed by atoms with Gasteiger partial charge in [0, 0.05) is 17.7 Å². The second kappa shape index (κ2) is 8.61. The fraction of sp³-hybridized carbons (Fsp3) is 0.0870. The lowest BCUT2D eigenvalue weighted by Crippen LogP contribution is -2.54. The number of furan rings is 1. The molecule has 1 aliphatic rings. The highest BCUT2D eigenvalue weighted by atomic mass is 35.5. The minimum Gasteiger partial charge on any atom is -0.457 e. The van der Waals surface area contributed by atoms with Crippen molar-refractivity contribution >= 4 is 58.2 Å². The van der Waals surface area contributed by atoms with E-state index in [2.05, 4.69) is 5.32 Å². The van der Waals surface area contributed by atoms with Crippen LogP contribution in [0.2, 0.25) is 5.02 Å². The Bertz CT molecular complexity index is 1380. The number of amides is 2. The fourth-order valence-electron chi connectivity index (χ4n) is 3.47. The molecule has 0 radical (unpaired) electrons. The first-order valence-electron chi connectivity index (χ1n) is 9.68. The van der Waals surface area contributed by atoms with Crippen LogP contribution in [0.25, 0.3) is 17.4 Å². The Morgan fingerprint density at radius 3 is 2.55 bits per heavy atom. The van der Waals surface area contributed by atoms with Crippen LogP contribution in [-0.2, 0) is 9.59 Å². The summed E-state index contributed by atoms with van der Waals surface area (Å²) in [5.74, 6) is -0.669. The molecule has 0 saturated carbocycles. The predicted molar refractivity (Wildman–Crippen MR) is 128 cm³/mol. The molecule has 1 N–H and O–H groups in total. The Labute approximate surface area is 198 Å². The van der Waals surface area contributed by atoms with Crippen LogP contribution in [0.3, 0.4) is 0 Å². The highest BCUT2D eigenvalue weighted by Gasteiger charge is 2.35. The molecule has 1 fully saturated rings. The molecule has 4 rings (SSSR count). The van der Waals surface area contributed by atoms with Gasteiger partial charge in [-0.3, -0.25) is 29.9 Å². The number of anilines is 1. The standard InChI is InChI=1S/C23H16ClN3O5S/c1-12-3-7-19(13(2)9-12)26-22(29)17(21(28)25-23(26)33)11-15-5-8-20(32-15)16-6-4-14(27(30)31)10-18(16)24/h3-11H,1-2H3,(H,25,28,33)/b17-11+.